The first-order valence-electron chi connectivity index (χ1n) is 10.5. The van der Waals surface area contributed by atoms with Crippen LogP contribution in [0, 0.1) is 13.8 Å². The number of imidazole rings is 1. The molecule has 2 fully saturated rings. The van der Waals surface area contributed by atoms with Gasteiger partial charge >= 0.3 is 0 Å². The summed E-state index contributed by atoms with van der Waals surface area (Å²) in [4.78, 5) is 19.5. The Hall–Kier alpha value is -2.82. The molecular weight excluding hydrogens is 362 g/mol. The molecule has 1 saturated carbocycles. The van der Waals surface area contributed by atoms with E-state index >= 15 is 0 Å². The minimum atomic E-state index is 0.164. The van der Waals surface area contributed by atoms with Crippen LogP contribution in [0.1, 0.15) is 42.1 Å². The van der Waals surface area contributed by atoms with Crippen LogP contribution >= 0.6 is 0 Å². The van der Waals surface area contributed by atoms with E-state index in [9.17, 15) is 4.79 Å². The predicted molar refractivity (Wildman–Crippen MR) is 113 cm³/mol. The highest BCUT2D eigenvalue weighted by Gasteiger charge is 2.41. The van der Waals surface area contributed by atoms with E-state index in [0.717, 1.165) is 48.5 Å². The Morgan fingerprint density at radius 2 is 1.93 bits per heavy atom. The topological polar surface area (TPSA) is 47.4 Å². The highest BCUT2D eigenvalue weighted by Crippen LogP contribution is 2.37. The summed E-state index contributed by atoms with van der Waals surface area (Å²) in [5, 5.41) is 0. The molecule has 2 aliphatic rings. The van der Waals surface area contributed by atoms with Gasteiger partial charge in [0.25, 0.3) is 0 Å². The molecule has 1 saturated heterocycles. The number of benzene rings is 2. The van der Waals surface area contributed by atoms with Crippen molar-refractivity contribution in [3.8, 4) is 5.75 Å². The van der Waals surface area contributed by atoms with Gasteiger partial charge in [0, 0.05) is 24.9 Å². The fourth-order valence-electron chi connectivity index (χ4n) is 4.34. The summed E-state index contributed by atoms with van der Waals surface area (Å²) in [7, 11) is 0. The van der Waals surface area contributed by atoms with Crippen LogP contribution in [0.2, 0.25) is 0 Å². The Labute approximate surface area is 171 Å². The first-order valence-corrected chi connectivity index (χ1v) is 10.5. The average molecular weight is 389 g/mol. The zero-order chi connectivity index (χ0) is 20.0. The maximum Gasteiger partial charge on any atom is 0.223 e. The van der Waals surface area contributed by atoms with Crippen molar-refractivity contribution in [1.82, 2.24) is 14.5 Å². The minimum absolute atomic E-state index is 0.164. The van der Waals surface area contributed by atoms with Gasteiger partial charge in [-0.1, -0.05) is 18.2 Å². The van der Waals surface area contributed by atoms with Crippen molar-refractivity contribution in [3.05, 3.63) is 59.4 Å². The van der Waals surface area contributed by atoms with Gasteiger partial charge in [0.05, 0.1) is 17.6 Å². The number of hydrogen-bond acceptors (Lipinski definition) is 3. The van der Waals surface area contributed by atoms with Crippen molar-refractivity contribution < 1.29 is 9.53 Å². The van der Waals surface area contributed by atoms with Gasteiger partial charge in [0.2, 0.25) is 5.91 Å². The van der Waals surface area contributed by atoms with Crippen LogP contribution in [0.25, 0.3) is 11.0 Å². The van der Waals surface area contributed by atoms with Crippen LogP contribution in [0.15, 0.2) is 42.5 Å². The standard InChI is InChI=1S/C24H27N3O2/c1-16-7-10-20(13-17(16)2)29-12-11-26-22-6-4-3-5-21(22)25-24(26)18-14-23(28)27(15-18)19-8-9-19/h3-7,10,13,18-19H,8-9,11-12,14-15H2,1-2H3. The number of para-hydroxylation sites is 2. The molecule has 1 atom stereocenters. The van der Waals surface area contributed by atoms with Gasteiger partial charge in [-0.2, -0.15) is 0 Å². The summed E-state index contributed by atoms with van der Waals surface area (Å²) >= 11 is 0. The number of carbonyl (C=O) groups is 1. The first kappa shape index (κ1) is 18.2. The molecule has 5 rings (SSSR count). The maximum atomic E-state index is 12.5. The third kappa shape index (κ3) is 3.50. The van der Waals surface area contributed by atoms with Gasteiger partial charge < -0.3 is 14.2 Å². The second kappa shape index (κ2) is 7.21. The third-order valence-electron chi connectivity index (χ3n) is 6.26. The van der Waals surface area contributed by atoms with Gasteiger partial charge in [-0.05, 0) is 62.1 Å². The van der Waals surface area contributed by atoms with Crippen molar-refractivity contribution in [2.75, 3.05) is 13.2 Å². The zero-order valence-electron chi connectivity index (χ0n) is 17.1. The van der Waals surface area contributed by atoms with E-state index in [1.165, 1.54) is 11.1 Å². The number of carbonyl (C=O) groups excluding carboxylic acids is 1. The SMILES string of the molecule is Cc1ccc(OCCn2c(C3CC(=O)N(C4CC4)C3)nc3ccccc32)cc1C. The van der Waals surface area contributed by atoms with Gasteiger partial charge in [-0.25, -0.2) is 4.98 Å². The van der Waals surface area contributed by atoms with E-state index < -0.39 is 0 Å². The lowest BCUT2D eigenvalue weighted by atomic mass is 10.1. The lowest BCUT2D eigenvalue weighted by Gasteiger charge is -2.17. The lowest BCUT2D eigenvalue weighted by Crippen LogP contribution is -2.27. The molecule has 150 valence electrons. The quantitative estimate of drug-likeness (QED) is 0.634. The van der Waals surface area contributed by atoms with Gasteiger partial charge in [-0.3, -0.25) is 4.79 Å². The molecule has 5 nitrogen and oxygen atoms in total. The van der Waals surface area contributed by atoms with Gasteiger partial charge in [-0.15, -0.1) is 0 Å². The summed E-state index contributed by atoms with van der Waals surface area (Å²) in [6.45, 7) is 6.30. The molecule has 1 aromatic heterocycles. The van der Waals surface area contributed by atoms with Crippen LogP contribution in [0.3, 0.4) is 0 Å². The van der Waals surface area contributed by atoms with E-state index in [2.05, 4.69) is 47.6 Å². The van der Waals surface area contributed by atoms with E-state index in [1.54, 1.807) is 0 Å². The van der Waals surface area contributed by atoms with Crippen molar-refractivity contribution in [1.29, 1.82) is 0 Å². The molecule has 1 amide bonds. The highest BCUT2D eigenvalue weighted by molar-refractivity contribution is 5.81. The number of aryl methyl sites for hydroxylation is 2. The van der Waals surface area contributed by atoms with Crippen LogP contribution in [-0.2, 0) is 11.3 Å². The first-order chi connectivity index (χ1) is 14.1. The highest BCUT2D eigenvalue weighted by atomic mass is 16.5. The molecule has 29 heavy (non-hydrogen) atoms. The van der Waals surface area contributed by atoms with Crippen molar-refractivity contribution in [3.63, 3.8) is 0 Å². The number of rotatable bonds is 6. The number of fused-ring (bicyclic) bond motifs is 1. The molecule has 1 aliphatic carbocycles. The second-order valence-corrected chi connectivity index (χ2v) is 8.38. The number of ether oxygens (including phenoxy) is 1. The zero-order valence-corrected chi connectivity index (χ0v) is 17.1. The molecule has 0 bridgehead atoms. The summed E-state index contributed by atoms with van der Waals surface area (Å²) in [5.74, 6) is 2.36. The summed E-state index contributed by atoms with van der Waals surface area (Å²) in [5.41, 5.74) is 4.61. The van der Waals surface area contributed by atoms with Crippen LogP contribution in [0.4, 0.5) is 0 Å². The lowest BCUT2D eigenvalue weighted by molar-refractivity contribution is -0.128. The Morgan fingerprint density at radius 1 is 1.10 bits per heavy atom. The normalized spacial score (nSPS) is 19.3. The number of hydrogen-bond donors (Lipinski definition) is 0. The number of aromatic nitrogens is 2. The van der Waals surface area contributed by atoms with Gasteiger partial charge in [0.1, 0.15) is 18.2 Å². The average Bonchev–Trinajstić information content (AvgIpc) is 3.39. The number of likely N-dealkylation sites (tertiary alicyclic amines) is 1. The molecule has 3 aromatic rings. The Bertz CT molecular complexity index is 1070. The fourth-order valence-corrected chi connectivity index (χ4v) is 4.34. The molecule has 0 N–H and O–H groups in total. The van der Waals surface area contributed by atoms with E-state index in [-0.39, 0.29) is 11.8 Å². The minimum Gasteiger partial charge on any atom is -0.492 e. The van der Waals surface area contributed by atoms with Crippen molar-refractivity contribution in [2.24, 2.45) is 0 Å². The second-order valence-electron chi connectivity index (χ2n) is 8.38. The summed E-state index contributed by atoms with van der Waals surface area (Å²) in [6, 6.07) is 14.9. The molecule has 0 spiro atoms. The Morgan fingerprint density at radius 3 is 2.72 bits per heavy atom. The summed E-state index contributed by atoms with van der Waals surface area (Å²) < 4.78 is 8.30. The number of amides is 1. The predicted octanol–water partition coefficient (Wildman–Crippen LogP) is 4.21. The molecule has 2 aromatic carbocycles. The van der Waals surface area contributed by atoms with E-state index in [0.29, 0.717) is 19.1 Å². The van der Waals surface area contributed by atoms with Crippen molar-refractivity contribution >= 4 is 16.9 Å². The Balaban J connectivity index is 1.38. The van der Waals surface area contributed by atoms with E-state index in [1.807, 2.05) is 18.2 Å². The van der Waals surface area contributed by atoms with Gasteiger partial charge in [0.15, 0.2) is 0 Å². The molecule has 1 unspecified atom stereocenters. The van der Waals surface area contributed by atoms with Crippen LogP contribution < -0.4 is 4.74 Å². The van der Waals surface area contributed by atoms with Crippen molar-refractivity contribution in [2.45, 2.75) is 51.6 Å². The van der Waals surface area contributed by atoms with Crippen LogP contribution in [-0.4, -0.2) is 39.6 Å². The fraction of sp³-hybridized carbons (Fsp3) is 0.417. The maximum absolute atomic E-state index is 12.5. The summed E-state index contributed by atoms with van der Waals surface area (Å²) in [6.07, 6.45) is 2.87. The van der Waals surface area contributed by atoms with Crippen LogP contribution in [0.5, 0.6) is 5.75 Å². The number of nitrogens with zero attached hydrogens (tertiary/aromatic N) is 3. The molecular formula is C24H27N3O2. The smallest absolute Gasteiger partial charge is 0.223 e. The largest absolute Gasteiger partial charge is 0.492 e. The third-order valence-corrected chi connectivity index (χ3v) is 6.26. The van der Waals surface area contributed by atoms with E-state index in [4.69, 9.17) is 9.72 Å². The molecule has 2 heterocycles. The molecule has 0 radical (unpaired) electrons. The monoisotopic (exact) mass is 389 g/mol. The molecule has 5 heteroatoms. The molecule has 1 aliphatic heterocycles. The Kier molecular flexibility index (Phi) is 4.53.